The van der Waals surface area contributed by atoms with Gasteiger partial charge in [0.1, 0.15) is 0 Å². The average Bonchev–Trinajstić information content (AvgIpc) is 3.23. The highest BCUT2D eigenvalue weighted by molar-refractivity contribution is 6.31. The van der Waals surface area contributed by atoms with E-state index in [4.69, 9.17) is 21.1 Å². The lowest BCUT2D eigenvalue weighted by Crippen LogP contribution is -2.39. The molecule has 0 bridgehead atoms. The first-order chi connectivity index (χ1) is 13.5. The van der Waals surface area contributed by atoms with Crippen molar-refractivity contribution in [1.29, 1.82) is 0 Å². The van der Waals surface area contributed by atoms with Crippen LogP contribution in [-0.2, 0) is 16.1 Å². The van der Waals surface area contributed by atoms with E-state index >= 15 is 0 Å². The van der Waals surface area contributed by atoms with E-state index < -0.39 is 18.0 Å². The summed E-state index contributed by atoms with van der Waals surface area (Å²) in [4.78, 5) is 27.0. The zero-order valence-electron chi connectivity index (χ0n) is 15.2. The van der Waals surface area contributed by atoms with E-state index in [9.17, 15) is 9.59 Å². The number of carbonyl (C=O) groups excluding carboxylic acids is 2. The Kier molecular flexibility index (Phi) is 4.64. The Balaban J connectivity index is 1.62. The van der Waals surface area contributed by atoms with E-state index in [1.165, 1.54) is 19.2 Å². The van der Waals surface area contributed by atoms with Gasteiger partial charge in [0, 0.05) is 11.1 Å². The monoisotopic (exact) mass is 400 g/mol. The first-order valence-electron chi connectivity index (χ1n) is 8.56. The highest BCUT2D eigenvalue weighted by Crippen LogP contribution is 2.37. The Labute approximate surface area is 166 Å². The van der Waals surface area contributed by atoms with Gasteiger partial charge in [-0.15, -0.1) is 0 Å². The van der Waals surface area contributed by atoms with Crippen molar-refractivity contribution in [3.8, 4) is 11.5 Å². The summed E-state index contributed by atoms with van der Waals surface area (Å²) in [7, 11) is 3.00. The SMILES string of the molecule is COc1ccc(N2C(=O)C3N=NN(Cc4ccccc4Cl)C3C2=O)cc1OC. The molecule has 2 atom stereocenters. The molecule has 2 unspecified atom stereocenters. The van der Waals surface area contributed by atoms with E-state index in [1.54, 1.807) is 24.3 Å². The summed E-state index contributed by atoms with van der Waals surface area (Å²) in [6.07, 6.45) is 0. The third-order valence-electron chi connectivity index (χ3n) is 4.77. The van der Waals surface area contributed by atoms with Crippen LogP contribution in [0.2, 0.25) is 5.02 Å². The summed E-state index contributed by atoms with van der Waals surface area (Å²) in [6, 6.07) is 10.5. The summed E-state index contributed by atoms with van der Waals surface area (Å²) in [6.45, 7) is 0.281. The van der Waals surface area contributed by atoms with Crippen molar-refractivity contribution in [3.05, 3.63) is 53.1 Å². The fourth-order valence-electron chi connectivity index (χ4n) is 3.37. The summed E-state index contributed by atoms with van der Waals surface area (Å²) in [5, 5.41) is 10.1. The van der Waals surface area contributed by atoms with Gasteiger partial charge in [0.05, 0.1) is 26.5 Å². The van der Waals surface area contributed by atoms with Crippen LogP contribution in [0, 0.1) is 0 Å². The number of rotatable bonds is 5. The average molecular weight is 401 g/mol. The predicted octanol–water partition coefficient (Wildman–Crippen LogP) is 2.85. The number of halogens is 1. The molecular formula is C19H17ClN4O4. The molecule has 9 heteroatoms. The molecule has 2 aromatic rings. The van der Waals surface area contributed by atoms with Gasteiger partial charge < -0.3 is 9.47 Å². The topological polar surface area (TPSA) is 83.8 Å². The number of hydrogen-bond donors (Lipinski definition) is 0. The van der Waals surface area contributed by atoms with Gasteiger partial charge >= 0.3 is 0 Å². The van der Waals surface area contributed by atoms with Crippen LogP contribution in [0.25, 0.3) is 0 Å². The number of carbonyl (C=O) groups is 2. The molecule has 4 rings (SSSR count). The zero-order valence-corrected chi connectivity index (χ0v) is 16.0. The predicted molar refractivity (Wildman–Crippen MR) is 101 cm³/mol. The standard InChI is InChI=1S/C19H17ClN4O4/c1-27-14-8-7-12(9-15(14)28-2)24-18(25)16-17(19(24)26)23(22-21-16)10-11-5-3-4-6-13(11)20/h3-9,16-17H,10H2,1-2H3. The largest absolute Gasteiger partial charge is 0.493 e. The Morgan fingerprint density at radius 1 is 1.04 bits per heavy atom. The number of anilines is 1. The van der Waals surface area contributed by atoms with Gasteiger partial charge in [0.15, 0.2) is 23.6 Å². The number of imide groups is 1. The molecule has 1 fully saturated rings. The summed E-state index contributed by atoms with van der Waals surface area (Å²) in [5.74, 6) is 0.115. The van der Waals surface area contributed by atoms with Gasteiger partial charge in [-0.3, -0.25) is 14.6 Å². The van der Waals surface area contributed by atoms with Gasteiger partial charge in [0.25, 0.3) is 11.8 Å². The lowest BCUT2D eigenvalue weighted by molar-refractivity contribution is -0.123. The Bertz CT molecular complexity index is 980. The first-order valence-corrected chi connectivity index (χ1v) is 8.93. The summed E-state index contributed by atoms with van der Waals surface area (Å²) in [5.41, 5.74) is 1.20. The van der Waals surface area contributed by atoms with Gasteiger partial charge in [-0.2, -0.15) is 5.11 Å². The van der Waals surface area contributed by atoms with Crippen molar-refractivity contribution < 1.29 is 19.1 Å². The van der Waals surface area contributed by atoms with Crippen molar-refractivity contribution >= 4 is 29.1 Å². The number of methoxy groups -OCH3 is 2. The van der Waals surface area contributed by atoms with E-state index in [0.29, 0.717) is 22.2 Å². The molecule has 28 heavy (non-hydrogen) atoms. The van der Waals surface area contributed by atoms with Crippen molar-refractivity contribution in [2.75, 3.05) is 19.1 Å². The van der Waals surface area contributed by atoms with Crippen LogP contribution in [0.5, 0.6) is 11.5 Å². The van der Waals surface area contributed by atoms with E-state index in [1.807, 2.05) is 18.2 Å². The Hall–Kier alpha value is -3.13. The molecule has 0 aromatic heterocycles. The molecule has 2 amide bonds. The molecule has 0 aliphatic carbocycles. The van der Waals surface area contributed by atoms with Gasteiger partial charge in [0.2, 0.25) is 0 Å². The second kappa shape index (κ2) is 7.12. The third-order valence-corrected chi connectivity index (χ3v) is 5.14. The van der Waals surface area contributed by atoms with E-state index in [2.05, 4.69) is 10.3 Å². The van der Waals surface area contributed by atoms with E-state index in [0.717, 1.165) is 10.5 Å². The molecule has 0 saturated carbocycles. The smallest absolute Gasteiger partial charge is 0.263 e. The molecular weight excluding hydrogens is 384 g/mol. The molecule has 2 heterocycles. The molecule has 0 radical (unpaired) electrons. The summed E-state index contributed by atoms with van der Waals surface area (Å²) >= 11 is 6.21. The number of ether oxygens (including phenoxy) is 2. The van der Waals surface area contributed by atoms with Crippen molar-refractivity contribution in [2.24, 2.45) is 10.3 Å². The van der Waals surface area contributed by atoms with Crippen LogP contribution in [0.4, 0.5) is 5.69 Å². The summed E-state index contributed by atoms with van der Waals surface area (Å²) < 4.78 is 10.5. The second-order valence-corrected chi connectivity index (χ2v) is 6.74. The van der Waals surface area contributed by atoms with Crippen molar-refractivity contribution in [1.82, 2.24) is 5.01 Å². The minimum atomic E-state index is -0.872. The Morgan fingerprint density at radius 3 is 2.50 bits per heavy atom. The molecule has 2 aliphatic rings. The highest BCUT2D eigenvalue weighted by Gasteiger charge is 2.54. The molecule has 1 saturated heterocycles. The maximum Gasteiger partial charge on any atom is 0.263 e. The zero-order chi connectivity index (χ0) is 19.8. The van der Waals surface area contributed by atoms with Crippen molar-refractivity contribution in [3.63, 3.8) is 0 Å². The lowest BCUT2D eigenvalue weighted by Gasteiger charge is -2.21. The van der Waals surface area contributed by atoms with Gasteiger partial charge in [-0.05, 0) is 23.8 Å². The van der Waals surface area contributed by atoms with Crippen LogP contribution in [0.3, 0.4) is 0 Å². The fraction of sp³-hybridized carbons (Fsp3) is 0.263. The number of amides is 2. The van der Waals surface area contributed by atoms with Gasteiger partial charge in [-0.1, -0.05) is 35.0 Å². The normalized spacial score (nSPS) is 20.7. The Morgan fingerprint density at radius 2 is 1.79 bits per heavy atom. The molecule has 8 nitrogen and oxygen atoms in total. The number of benzene rings is 2. The highest BCUT2D eigenvalue weighted by atomic mass is 35.5. The van der Waals surface area contributed by atoms with Crippen LogP contribution in [0.1, 0.15) is 5.56 Å². The van der Waals surface area contributed by atoms with Crippen LogP contribution in [-0.4, -0.2) is 43.1 Å². The van der Waals surface area contributed by atoms with Gasteiger partial charge in [-0.25, -0.2) is 4.90 Å². The quantitative estimate of drug-likeness (QED) is 0.720. The first kappa shape index (κ1) is 18.2. The lowest BCUT2D eigenvalue weighted by atomic mass is 10.1. The maximum absolute atomic E-state index is 13.1. The number of hydrogen-bond acceptors (Lipinski definition) is 7. The fourth-order valence-corrected chi connectivity index (χ4v) is 3.57. The van der Waals surface area contributed by atoms with Crippen molar-refractivity contribution in [2.45, 2.75) is 18.6 Å². The maximum atomic E-state index is 13.1. The van der Waals surface area contributed by atoms with Crippen LogP contribution >= 0.6 is 11.6 Å². The second-order valence-electron chi connectivity index (χ2n) is 6.33. The molecule has 0 N–H and O–H groups in total. The number of nitrogens with zero attached hydrogens (tertiary/aromatic N) is 4. The minimum absolute atomic E-state index is 0.281. The number of fused-ring (bicyclic) bond motifs is 1. The van der Waals surface area contributed by atoms with E-state index in [-0.39, 0.29) is 12.5 Å². The van der Waals surface area contributed by atoms with Crippen LogP contribution < -0.4 is 14.4 Å². The molecule has 2 aromatic carbocycles. The molecule has 0 spiro atoms. The molecule has 144 valence electrons. The third kappa shape index (κ3) is 2.86. The molecule has 2 aliphatic heterocycles. The minimum Gasteiger partial charge on any atom is -0.493 e. The van der Waals surface area contributed by atoms with Crippen LogP contribution in [0.15, 0.2) is 52.8 Å².